The van der Waals surface area contributed by atoms with Crippen molar-refractivity contribution in [3.05, 3.63) is 36.0 Å². The number of aromatic nitrogens is 1. The number of para-hydroxylation sites is 1. The van der Waals surface area contributed by atoms with Crippen LogP contribution in [-0.4, -0.2) is 18.2 Å². The van der Waals surface area contributed by atoms with Gasteiger partial charge in [0.15, 0.2) is 0 Å². The van der Waals surface area contributed by atoms with Gasteiger partial charge in [-0.2, -0.15) is 0 Å². The summed E-state index contributed by atoms with van der Waals surface area (Å²) in [4.78, 5) is 14.1. The molecule has 0 unspecified atom stereocenters. The zero-order chi connectivity index (χ0) is 12.7. The first-order valence-corrected chi connectivity index (χ1v) is 5.68. The third-order valence-electron chi connectivity index (χ3n) is 2.19. The molecule has 1 aromatic heterocycles. The van der Waals surface area contributed by atoms with Gasteiger partial charge in [-0.15, -0.1) is 0 Å². The Labute approximate surface area is 102 Å². The highest BCUT2D eigenvalue weighted by Crippen LogP contribution is 2.14. The Kier molecular flexibility index (Phi) is 5.07. The van der Waals surface area contributed by atoms with Gasteiger partial charge in [0, 0.05) is 12.6 Å². The molecule has 0 radical (unpaired) electrons. The number of carbonyl (C=O) groups is 1. The number of methoxy groups -OCH3 is 1. The van der Waals surface area contributed by atoms with Crippen molar-refractivity contribution in [2.24, 2.45) is 0 Å². The summed E-state index contributed by atoms with van der Waals surface area (Å²) >= 11 is 0. The molecule has 1 heterocycles. The van der Waals surface area contributed by atoms with Gasteiger partial charge in [-0.05, 0) is 17.5 Å². The van der Waals surface area contributed by atoms with Crippen LogP contribution in [0.3, 0.4) is 0 Å². The van der Waals surface area contributed by atoms with Gasteiger partial charge in [0.05, 0.1) is 13.7 Å². The molecule has 1 amide bonds. The molecule has 2 rings (SSSR count). The Morgan fingerprint density at radius 2 is 2.12 bits per heavy atom. The molecule has 0 spiro atoms. The lowest BCUT2D eigenvalue weighted by atomic mass is 10.2. The monoisotopic (exact) mass is 236 g/mol. The number of ether oxygens (including phenoxy) is 1. The number of benzene rings is 1. The maximum absolute atomic E-state index is 10.9. The molecule has 0 atom stereocenters. The highest BCUT2D eigenvalue weighted by Gasteiger charge is 2.02. The Bertz CT molecular complexity index is 450. The van der Waals surface area contributed by atoms with Crippen LogP contribution in [-0.2, 0) is 11.3 Å². The summed E-state index contributed by atoms with van der Waals surface area (Å²) in [6.07, 6.45) is -0.423. The second kappa shape index (κ2) is 6.58. The average Bonchev–Trinajstić information content (AvgIpc) is 2.81. The first kappa shape index (κ1) is 13.1. The van der Waals surface area contributed by atoms with Crippen LogP contribution in [0, 0.1) is 0 Å². The first-order chi connectivity index (χ1) is 8.29. The predicted octanol–water partition coefficient (Wildman–Crippen LogP) is 3.30. The van der Waals surface area contributed by atoms with E-state index in [1.807, 2.05) is 44.2 Å². The van der Waals surface area contributed by atoms with Crippen molar-refractivity contribution in [3.8, 4) is 0 Å². The van der Waals surface area contributed by atoms with Crippen LogP contribution in [0.15, 0.2) is 30.3 Å². The third-order valence-corrected chi connectivity index (χ3v) is 2.19. The third kappa shape index (κ3) is 3.52. The van der Waals surface area contributed by atoms with Gasteiger partial charge in [0.25, 0.3) is 0 Å². The quantitative estimate of drug-likeness (QED) is 0.840. The molecule has 0 aliphatic heterocycles. The van der Waals surface area contributed by atoms with E-state index in [0.717, 1.165) is 16.6 Å². The largest absolute Gasteiger partial charge is 0.453 e. The number of carbonyl (C=O) groups excluding carboxylic acids is 1. The van der Waals surface area contributed by atoms with Crippen molar-refractivity contribution in [1.82, 2.24) is 10.3 Å². The van der Waals surface area contributed by atoms with Crippen LogP contribution < -0.4 is 5.32 Å². The van der Waals surface area contributed by atoms with Crippen LogP contribution in [0.4, 0.5) is 4.79 Å². The summed E-state index contributed by atoms with van der Waals surface area (Å²) in [5.41, 5.74) is 2.03. The minimum absolute atomic E-state index is 0. The highest BCUT2D eigenvalue weighted by atomic mass is 16.5. The van der Waals surface area contributed by atoms with Gasteiger partial charge in [-0.25, -0.2) is 4.79 Å². The Hall–Kier alpha value is -1.97. The molecular formula is C13H20N2O2. The molecule has 0 saturated heterocycles. The normalized spacial score (nSPS) is 9.35. The zero-order valence-electron chi connectivity index (χ0n) is 10.4. The number of alkyl carbamates (subject to hydrolysis) is 1. The van der Waals surface area contributed by atoms with Crippen molar-refractivity contribution < 1.29 is 11.0 Å². The predicted molar refractivity (Wildman–Crippen MR) is 71.0 cm³/mol. The zero-order valence-corrected chi connectivity index (χ0v) is 10.4. The van der Waals surface area contributed by atoms with Crippen molar-refractivity contribution in [1.29, 1.82) is 0 Å². The molecule has 0 fully saturated rings. The van der Waals surface area contributed by atoms with Crippen molar-refractivity contribution >= 4 is 17.0 Å². The first-order valence-electron chi connectivity index (χ1n) is 5.68. The number of hydrogen-bond donors (Lipinski definition) is 2. The molecule has 0 aliphatic rings. The van der Waals surface area contributed by atoms with E-state index >= 15 is 0 Å². The fourth-order valence-corrected chi connectivity index (χ4v) is 1.47. The van der Waals surface area contributed by atoms with Gasteiger partial charge in [-0.1, -0.05) is 32.0 Å². The van der Waals surface area contributed by atoms with Crippen LogP contribution in [0.25, 0.3) is 10.9 Å². The van der Waals surface area contributed by atoms with Gasteiger partial charge in [0.1, 0.15) is 0 Å². The number of hydrogen-bond acceptors (Lipinski definition) is 2. The molecule has 0 bridgehead atoms. The summed E-state index contributed by atoms with van der Waals surface area (Å²) in [5, 5.41) is 3.76. The second-order valence-corrected chi connectivity index (χ2v) is 3.23. The van der Waals surface area contributed by atoms with Crippen molar-refractivity contribution in [2.45, 2.75) is 20.4 Å². The average molecular weight is 236 g/mol. The highest BCUT2D eigenvalue weighted by molar-refractivity contribution is 5.80. The number of aromatic amines is 1. The van der Waals surface area contributed by atoms with E-state index in [1.54, 1.807) is 0 Å². The van der Waals surface area contributed by atoms with E-state index in [2.05, 4.69) is 15.0 Å². The molecule has 1 aromatic carbocycles. The van der Waals surface area contributed by atoms with E-state index in [1.165, 1.54) is 7.11 Å². The van der Waals surface area contributed by atoms with Crippen LogP contribution in [0.5, 0.6) is 0 Å². The Balaban J connectivity index is 0.000000917. The van der Waals surface area contributed by atoms with E-state index in [-0.39, 0.29) is 1.43 Å². The summed E-state index contributed by atoms with van der Waals surface area (Å²) in [6, 6.07) is 9.97. The maximum Gasteiger partial charge on any atom is 0.407 e. The fraction of sp³-hybridized carbons (Fsp3) is 0.308. The fourth-order valence-electron chi connectivity index (χ4n) is 1.47. The molecular weight excluding hydrogens is 216 g/mol. The van der Waals surface area contributed by atoms with E-state index < -0.39 is 6.09 Å². The van der Waals surface area contributed by atoms with Gasteiger partial charge in [0.2, 0.25) is 0 Å². The molecule has 4 heteroatoms. The van der Waals surface area contributed by atoms with Gasteiger partial charge in [-0.3, -0.25) is 0 Å². The van der Waals surface area contributed by atoms with E-state index in [4.69, 9.17) is 0 Å². The number of rotatable bonds is 2. The van der Waals surface area contributed by atoms with Crippen LogP contribution in [0.1, 0.15) is 21.0 Å². The lowest BCUT2D eigenvalue weighted by molar-refractivity contribution is 0.170. The number of H-pyrrole nitrogens is 1. The standard InChI is InChI=1S/C11H12N2O2.C2H6.H2/c1-15-11(14)12-7-9-6-8-4-2-3-5-10(8)13-9;1-2;/h2-6,13H,7H2,1H3,(H,12,14);1-2H3;1H. The minimum Gasteiger partial charge on any atom is -0.453 e. The molecule has 17 heavy (non-hydrogen) atoms. The van der Waals surface area contributed by atoms with Crippen molar-refractivity contribution in [2.75, 3.05) is 7.11 Å². The van der Waals surface area contributed by atoms with E-state index in [0.29, 0.717) is 6.54 Å². The smallest absolute Gasteiger partial charge is 0.407 e. The molecule has 2 aromatic rings. The topological polar surface area (TPSA) is 54.1 Å². The molecule has 2 N–H and O–H groups in total. The lowest BCUT2D eigenvalue weighted by Gasteiger charge is -2.00. The van der Waals surface area contributed by atoms with Gasteiger partial charge < -0.3 is 15.0 Å². The molecule has 0 saturated carbocycles. The Morgan fingerprint density at radius 3 is 2.76 bits per heavy atom. The van der Waals surface area contributed by atoms with Crippen LogP contribution in [0.2, 0.25) is 0 Å². The van der Waals surface area contributed by atoms with E-state index in [9.17, 15) is 4.79 Å². The Morgan fingerprint density at radius 1 is 1.41 bits per heavy atom. The summed E-state index contributed by atoms with van der Waals surface area (Å²) in [6.45, 7) is 4.45. The SMILES string of the molecule is CC.COC(=O)NCc1cc2ccccc2[nH]1.[HH]. The molecule has 0 aliphatic carbocycles. The maximum atomic E-state index is 10.9. The number of nitrogens with one attached hydrogen (secondary N) is 2. The number of fused-ring (bicyclic) bond motifs is 1. The minimum atomic E-state index is -0.423. The summed E-state index contributed by atoms with van der Waals surface area (Å²) in [7, 11) is 1.35. The number of amides is 1. The van der Waals surface area contributed by atoms with Crippen LogP contribution >= 0.6 is 0 Å². The molecule has 4 nitrogen and oxygen atoms in total. The van der Waals surface area contributed by atoms with Crippen molar-refractivity contribution in [3.63, 3.8) is 0 Å². The molecule has 94 valence electrons. The van der Waals surface area contributed by atoms with Gasteiger partial charge >= 0.3 is 6.09 Å². The second-order valence-electron chi connectivity index (χ2n) is 3.23. The summed E-state index contributed by atoms with van der Waals surface area (Å²) < 4.78 is 4.48. The lowest BCUT2D eigenvalue weighted by Crippen LogP contribution is -2.22. The summed E-state index contributed by atoms with van der Waals surface area (Å²) in [5.74, 6) is 0.